The van der Waals surface area contributed by atoms with Crippen LogP contribution in [0.3, 0.4) is 0 Å². The molecule has 2 rings (SSSR count). The Morgan fingerprint density at radius 2 is 1.89 bits per heavy atom. The smallest absolute Gasteiger partial charge is 0.240 e. The number of benzene rings is 1. The van der Waals surface area contributed by atoms with E-state index in [2.05, 4.69) is 22.2 Å². The van der Waals surface area contributed by atoms with E-state index in [4.69, 9.17) is 4.74 Å². The molecule has 0 unspecified atom stereocenters. The number of methoxy groups -OCH3 is 1. The SMILES string of the molecule is COc1ccccc1N(CC(=O)NCCCN1CCN(C)CC1)S(C)(=O)=O. The summed E-state index contributed by atoms with van der Waals surface area (Å²) < 4.78 is 30.7. The lowest BCUT2D eigenvalue weighted by Crippen LogP contribution is -2.45. The van der Waals surface area contributed by atoms with Gasteiger partial charge in [0.2, 0.25) is 15.9 Å². The molecule has 0 bridgehead atoms. The number of carbonyl (C=O) groups is 1. The number of likely N-dealkylation sites (N-methyl/N-ethyl adjacent to an activating group) is 1. The topological polar surface area (TPSA) is 82.2 Å². The maximum absolute atomic E-state index is 12.3. The number of carbonyl (C=O) groups excluding carboxylic acids is 1. The third kappa shape index (κ3) is 6.67. The first-order valence-electron chi connectivity index (χ1n) is 9.09. The number of rotatable bonds is 9. The minimum Gasteiger partial charge on any atom is -0.495 e. The molecular weight excluding hydrogens is 368 g/mol. The number of para-hydroxylation sites is 2. The molecule has 0 saturated carbocycles. The van der Waals surface area contributed by atoms with Gasteiger partial charge in [0, 0.05) is 32.7 Å². The van der Waals surface area contributed by atoms with E-state index in [1.165, 1.54) is 7.11 Å². The first kappa shape index (κ1) is 21.5. The predicted octanol–water partition coefficient (Wildman–Crippen LogP) is 0.215. The molecule has 0 atom stereocenters. The molecule has 1 N–H and O–H groups in total. The molecule has 9 heteroatoms. The van der Waals surface area contributed by atoms with E-state index in [9.17, 15) is 13.2 Å². The molecule has 0 aliphatic carbocycles. The second-order valence-corrected chi connectivity index (χ2v) is 8.70. The van der Waals surface area contributed by atoms with Gasteiger partial charge in [0.15, 0.2) is 0 Å². The van der Waals surface area contributed by atoms with Crippen LogP contribution in [-0.2, 0) is 14.8 Å². The first-order valence-corrected chi connectivity index (χ1v) is 10.9. The lowest BCUT2D eigenvalue weighted by Gasteiger charge is -2.32. The fraction of sp³-hybridized carbons (Fsp3) is 0.611. The van der Waals surface area contributed by atoms with Crippen LogP contribution in [0.5, 0.6) is 5.75 Å². The molecule has 1 saturated heterocycles. The highest BCUT2D eigenvalue weighted by molar-refractivity contribution is 7.92. The quantitative estimate of drug-likeness (QED) is 0.599. The zero-order valence-electron chi connectivity index (χ0n) is 16.3. The van der Waals surface area contributed by atoms with Crippen LogP contribution in [0.2, 0.25) is 0 Å². The summed E-state index contributed by atoms with van der Waals surface area (Å²) in [6, 6.07) is 6.76. The Morgan fingerprint density at radius 3 is 2.52 bits per heavy atom. The standard InChI is InChI=1S/C18H30N4O4S/c1-20-11-13-21(14-12-20)10-6-9-19-18(23)15-22(27(3,24)25)16-7-4-5-8-17(16)26-2/h4-5,7-8H,6,9-15H2,1-3H3,(H,19,23). The molecule has 0 spiro atoms. The van der Waals surface area contributed by atoms with Crippen molar-refractivity contribution in [2.24, 2.45) is 0 Å². The van der Waals surface area contributed by atoms with Gasteiger partial charge in [0.05, 0.1) is 19.1 Å². The van der Waals surface area contributed by atoms with E-state index in [1.807, 2.05) is 0 Å². The summed E-state index contributed by atoms with van der Waals surface area (Å²) in [5, 5.41) is 2.82. The Balaban J connectivity index is 1.86. The molecule has 27 heavy (non-hydrogen) atoms. The molecule has 8 nitrogen and oxygen atoms in total. The van der Waals surface area contributed by atoms with Gasteiger partial charge >= 0.3 is 0 Å². The van der Waals surface area contributed by atoms with Crippen LogP contribution in [0.25, 0.3) is 0 Å². The van der Waals surface area contributed by atoms with Gasteiger partial charge in [-0.2, -0.15) is 0 Å². The molecule has 152 valence electrons. The van der Waals surface area contributed by atoms with Gasteiger partial charge in [-0.25, -0.2) is 8.42 Å². The Bertz CT molecular complexity index is 718. The van der Waals surface area contributed by atoms with Gasteiger partial charge in [0.1, 0.15) is 12.3 Å². The number of anilines is 1. The summed E-state index contributed by atoms with van der Waals surface area (Å²) in [7, 11) is -0.0311. The Kier molecular flexibility index (Phi) is 7.88. The minimum absolute atomic E-state index is 0.270. The molecule has 1 aliphatic heterocycles. The third-order valence-electron chi connectivity index (χ3n) is 4.61. The molecule has 1 aromatic carbocycles. The second-order valence-electron chi connectivity index (χ2n) is 6.79. The van der Waals surface area contributed by atoms with E-state index in [0.717, 1.165) is 49.7 Å². The van der Waals surface area contributed by atoms with Crippen molar-refractivity contribution in [3.63, 3.8) is 0 Å². The number of nitrogens with zero attached hydrogens (tertiary/aromatic N) is 3. The van der Waals surface area contributed by atoms with E-state index in [-0.39, 0.29) is 12.5 Å². The second kappa shape index (κ2) is 9.91. The van der Waals surface area contributed by atoms with Crippen LogP contribution in [0, 0.1) is 0 Å². The monoisotopic (exact) mass is 398 g/mol. The fourth-order valence-corrected chi connectivity index (χ4v) is 3.87. The van der Waals surface area contributed by atoms with Crippen LogP contribution in [0.15, 0.2) is 24.3 Å². The maximum Gasteiger partial charge on any atom is 0.240 e. The van der Waals surface area contributed by atoms with E-state index >= 15 is 0 Å². The minimum atomic E-state index is -3.62. The number of amides is 1. The van der Waals surface area contributed by atoms with Crippen LogP contribution in [-0.4, -0.2) is 90.4 Å². The fourth-order valence-electron chi connectivity index (χ4n) is 3.01. The highest BCUT2D eigenvalue weighted by Crippen LogP contribution is 2.29. The van der Waals surface area contributed by atoms with Crippen LogP contribution in [0.4, 0.5) is 5.69 Å². The van der Waals surface area contributed by atoms with Crippen LogP contribution < -0.4 is 14.4 Å². The van der Waals surface area contributed by atoms with Crippen molar-refractivity contribution in [3.05, 3.63) is 24.3 Å². The van der Waals surface area contributed by atoms with Crippen molar-refractivity contribution >= 4 is 21.6 Å². The zero-order valence-corrected chi connectivity index (χ0v) is 17.2. The molecule has 0 radical (unpaired) electrons. The molecule has 1 fully saturated rings. The predicted molar refractivity (Wildman–Crippen MR) is 107 cm³/mol. The number of nitrogens with one attached hydrogen (secondary N) is 1. The van der Waals surface area contributed by atoms with Crippen molar-refractivity contribution in [1.82, 2.24) is 15.1 Å². The van der Waals surface area contributed by atoms with Gasteiger partial charge in [-0.1, -0.05) is 12.1 Å². The highest BCUT2D eigenvalue weighted by Gasteiger charge is 2.23. The Morgan fingerprint density at radius 1 is 1.22 bits per heavy atom. The lowest BCUT2D eigenvalue weighted by molar-refractivity contribution is -0.119. The van der Waals surface area contributed by atoms with Gasteiger partial charge < -0.3 is 19.9 Å². The van der Waals surface area contributed by atoms with Crippen molar-refractivity contribution in [3.8, 4) is 5.75 Å². The highest BCUT2D eigenvalue weighted by atomic mass is 32.2. The van der Waals surface area contributed by atoms with Gasteiger partial charge in [-0.3, -0.25) is 9.10 Å². The molecule has 0 aromatic heterocycles. The number of ether oxygens (including phenoxy) is 1. The number of hydrogen-bond donors (Lipinski definition) is 1. The summed E-state index contributed by atoms with van der Waals surface area (Å²) >= 11 is 0. The average molecular weight is 399 g/mol. The summed E-state index contributed by atoms with van der Waals surface area (Å²) in [5.41, 5.74) is 0.357. The molecule has 1 heterocycles. The van der Waals surface area contributed by atoms with Crippen LogP contribution >= 0.6 is 0 Å². The molecule has 1 aliphatic rings. The summed E-state index contributed by atoms with van der Waals surface area (Å²) in [6.45, 7) is 5.39. The molecule has 1 aromatic rings. The lowest BCUT2D eigenvalue weighted by atomic mass is 10.3. The van der Waals surface area contributed by atoms with E-state index in [0.29, 0.717) is 18.0 Å². The Labute approximate surface area is 162 Å². The number of hydrogen-bond acceptors (Lipinski definition) is 6. The molecular formula is C18H30N4O4S. The van der Waals surface area contributed by atoms with Crippen LogP contribution in [0.1, 0.15) is 6.42 Å². The zero-order chi connectivity index (χ0) is 19.9. The van der Waals surface area contributed by atoms with Gasteiger partial charge in [0.25, 0.3) is 0 Å². The number of sulfonamides is 1. The number of piperazine rings is 1. The van der Waals surface area contributed by atoms with Crippen molar-refractivity contribution in [2.75, 3.05) is 70.5 Å². The van der Waals surface area contributed by atoms with E-state index in [1.54, 1.807) is 24.3 Å². The summed E-state index contributed by atoms with van der Waals surface area (Å²) in [4.78, 5) is 17.0. The summed E-state index contributed by atoms with van der Waals surface area (Å²) in [5.74, 6) is 0.0792. The largest absolute Gasteiger partial charge is 0.495 e. The Hall–Kier alpha value is -1.84. The van der Waals surface area contributed by atoms with Crippen molar-refractivity contribution in [2.45, 2.75) is 6.42 Å². The first-order chi connectivity index (χ1) is 12.8. The maximum atomic E-state index is 12.3. The van der Waals surface area contributed by atoms with Gasteiger partial charge in [-0.05, 0) is 32.1 Å². The average Bonchev–Trinajstić information content (AvgIpc) is 2.64. The molecule has 1 amide bonds. The third-order valence-corrected chi connectivity index (χ3v) is 5.74. The van der Waals surface area contributed by atoms with Crippen molar-refractivity contribution in [1.29, 1.82) is 0 Å². The van der Waals surface area contributed by atoms with E-state index < -0.39 is 10.0 Å². The summed E-state index contributed by atoms with van der Waals surface area (Å²) in [6.07, 6.45) is 1.92. The van der Waals surface area contributed by atoms with Gasteiger partial charge in [-0.15, -0.1) is 0 Å². The normalized spacial score (nSPS) is 16.1. The van der Waals surface area contributed by atoms with Crippen molar-refractivity contribution < 1.29 is 17.9 Å².